The molecule has 3 aromatic rings. The van der Waals surface area contributed by atoms with Gasteiger partial charge in [0.15, 0.2) is 6.61 Å². The number of alkyl halides is 3. The first-order valence-electron chi connectivity index (χ1n) is 10.2. The van der Waals surface area contributed by atoms with Crippen LogP contribution in [0.1, 0.15) is 35.6 Å². The minimum absolute atomic E-state index is 0.0274. The number of carbonyl (C=O) groups is 1. The summed E-state index contributed by atoms with van der Waals surface area (Å²) in [5, 5.41) is 16.7. The third-order valence-corrected chi connectivity index (χ3v) is 5.00. The van der Waals surface area contributed by atoms with Crippen molar-refractivity contribution in [1.29, 1.82) is 0 Å². The van der Waals surface area contributed by atoms with Crippen LogP contribution in [-0.2, 0) is 17.8 Å². The van der Waals surface area contributed by atoms with E-state index in [-0.39, 0.29) is 37.3 Å². The molecule has 1 aliphatic rings. The molecule has 0 saturated heterocycles. The fourth-order valence-electron chi connectivity index (χ4n) is 3.43. The van der Waals surface area contributed by atoms with Gasteiger partial charge < -0.3 is 15.2 Å². The molecule has 8 nitrogen and oxygen atoms in total. The van der Waals surface area contributed by atoms with Crippen molar-refractivity contribution >= 4 is 16.8 Å². The van der Waals surface area contributed by atoms with E-state index in [1.807, 2.05) is 6.07 Å². The summed E-state index contributed by atoms with van der Waals surface area (Å²) in [4.78, 5) is 20.4. The summed E-state index contributed by atoms with van der Waals surface area (Å²) >= 11 is 0. The summed E-state index contributed by atoms with van der Waals surface area (Å²) in [6, 6.07) is 3.56. The van der Waals surface area contributed by atoms with Gasteiger partial charge in [-0.3, -0.25) is 14.5 Å². The molecule has 1 saturated carbocycles. The van der Waals surface area contributed by atoms with E-state index in [9.17, 15) is 18.0 Å². The average Bonchev–Trinajstić information content (AvgIpc) is 3.50. The molecule has 0 spiro atoms. The summed E-state index contributed by atoms with van der Waals surface area (Å²) in [5.41, 5.74) is 2.71. The summed E-state index contributed by atoms with van der Waals surface area (Å²) in [6.07, 6.45) is 2.28. The van der Waals surface area contributed by atoms with Crippen molar-refractivity contribution in [1.82, 2.24) is 25.1 Å². The number of nitrogens with one attached hydrogen (secondary N) is 1. The summed E-state index contributed by atoms with van der Waals surface area (Å²) in [7, 11) is 0. The fourth-order valence-corrected chi connectivity index (χ4v) is 3.43. The maximum absolute atomic E-state index is 12.5. The van der Waals surface area contributed by atoms with Gasteiger partial charge in [0.05, 0.1) is 30.8 Å². The highest BCUT2D eigenvalue weighted by molar-refractivity contribution is 5.86. The van der Waals surface area contributed by atoms with Gasteiger partial charge in [-0.1, -0.05) is 0 Å². The Labute approximate surface area is 181 Å². The van der Waals surface area contributed by atoms with Gasteiger partial charge in [-0.05, 0) is 36.5 Å². The number of hydrogen-bond acceptors (Lipinski definition) is 6. The average molecular weight is 449 g/mol. The lowest BCUT2D eigenvalue weighted by Gasteiger charge is -2.13. The summed E-state index contributed by atoms with van der Waals surface area (Å²) < 4.78 is 44.2. The number of carbonyl (C=O) groups excluding carboxylic acids is 1. The number of ether oxygens (including phenoxy) is 1. The number of nitrogens with zero attached hydrogens (tertiary/aromatic N) is 4. The van der Waals surface area contributed by atoms with Crippen molar-refractivity contribution in [2.24, 2.45) is 0 Å². The van der Waals surface area contributed by atoms with Gasteiger partial charge in [0, 0.05) is 36.1 Å². The molecule has 0 aliphatic heterocycles. The Morgan fingerprint density at radius 3 is 2.84 bits per heavy atom. The van der Waals surface area contributed by atoms with Crippen molar-refractivity contribution in [2.45, 2.75) is 37.9 Å². The van der Waals surface area contributed by atoms with Gasteiger partial charge in [-0.2, -0.15) is 18.3 Å². The number of fused-ring (bicyclic) bond motifs is 1. The van der Waals surface area contributed by atoms with Gasteiger partial charge in [-0.15, -0.1) is 0 Å². The fraction of sp³-hybridized carbons (Fsp3) is 0.429. The molecule has 3 heterocycles. The van der Waals surface area contributed by atoms with E-state index < -0.39 is 12.8 Å². The second kappa shape index (κ2) is 9.11. The lowest BCUT2D eigenvalue weighted by atomic mass is 10.1. The molecule has 2 N–H and O–H groups in total. The number of pyridine rings is 2. The van der Waals surface area contributed by atoms with Crippen molar-refractivity contribution < 1.29 is 27.8 Å². The predicted molar refractivity (Wildman–Crippen MR) is 108 cm³/mol. The molecule has 170 valence electrons. The Morgan fingerprint density at radius 2 is 2.12 bits per heavy atom. The Morgan fingerprint density at radius 1 is 1.31 bits per heavy atom. The van der Waals surface area contributed by atoms with Gasteiger partial charge in [-0.25, -0.2) is 4.98 Å². The zero-order valence-electron chi connectivity index (χ0n) is 17.1. The second-order valence-corrected chi connectivity index (χ2v) is 7.68. The largest absolute Gasteiger partial charge is 0.468 e. The van der Waals surface area contributed by atoms with E-state index in [1.165, 1.54) is 6.20 Å². The molecule has 0 radical (unpaired) electrons. The van der Waals surface area contributed by atoms with Gasteiger partial charge >= 0.3 is 6.18 Å². The van der Waals surface area contributed by atoms with E-state index in [0.29, 0.717) is 23.3 Å². The quantitative estimate of drug-likeness (QED) is 0.520. The van der Waals surface area contributed by atoms with Gasteiger partial charge in [0.1, 0.15) is 0 Å². The van der Waals surface area contributed by atoms with E-state index in [2.05, 4.69) is 20.4 Å². The van der Waals surface area contributed by atoms with Crippen LogP contribution in [0.25, 0.3) is 10.9 Å². The first kappa shape index (κ1) is 22.0. The lowest BCUT2D eigenvalue weighted by molar-refractivity contribution is -0.154. The van der Waals surface area contributed by atoms with E-state index >= 15 is 0 Å². The van der Waals surface area contributed by atoms with Gasteiger partial charge in [0.2, 0.25) is 11.8 Å². The van der Waals surface area contributed by atoms with E-state index in [1.54, 1.807) is 23.1 Å². The Kier molecular flexibility index (Phi) is 6.26. The van der Waals surface area contributed by atoms with E-state index in [4.69, 9.17) is 9.84 Å². The highest BCUT2D eigenvalue weighted by atomic mass is 19.4. The predicted octanol–water partition coefficient (Wildman–Crippen LogP) is 2.34. The number of halogens is 3. The number of aliphatic hydroxyl groups is 1. The molecule has 4 rings (SSSR count). The minimum atomic E-state index is -4.42. The van der Waals surface area contributed by atoms with Crippen molar-refractivity contribution in [2.75, 3.05) is 19.8 Å². The second-order valence-electron chi connectivity index (χ2n) is 7.68. The summed E-state index contributed by atoms with van der Waals surface area (Å²) in [5.74, 6) is -0.0605. The number of aliphatic hydroxyl groups excluding tert-OH is 1. The molecular weight excluding hydrogens is 427 g/mol. The number of amides is 1. The molecule has 0 atom stereocenters. The zero-order valence-corrected chi connectivity index (χ0v) is 17.1. The normalized spacial score (nSPS) is 14.0. The van der Waals surface area contributed by atoms with E-state index in [0.717, 1.165) is 23.8 Å². The van der Waals surface area contributed by atoms with Crippen LogP contribution >= 0.6 is 0 Å². The molecular formula is C21H22F3N5O3. The van der Waals surface area contributed by atoms with Crippen LogP contribution in [-0.4, -0.2) is 56.7 Å². The smallest absolute Gasteiger partial charge is 0.422 e. The first-order valence-corrected chi connectivity index (χ1v) is 10.2. The number of aromatic nitrogens is 4. The number of rotatable bonds is 9. The van der Waals surface area contributed by atoms with Crippen LogP contribution in [0.2, 0.25) is 0 Å². The molecule has 1 aliphatic carbocycles. The highest BCUT2D eigenvalue weighted by Gasteiger charge is 2.32. The lowest BCUT2D eigenvalue weighted by Crippen LogP contribution is -2.28. The van der Waals surface area contributed by atoms with Crippen molar-refractivity contribution in [3.63, 3.8) is 0 Å². The maximum Gasteiger partial charge on any atom is 0.422 e. The van der Waals surface area contributed by atoms with Crippen molar-refractivity contribution in [3.8, 4) is 5.88 Å². The molecule has 0 aromatic carbocycles. The Hall–Kier alpha value is -3.21. The molecule has 0 unspecified atom stereocenters. The first-order chi connectivity index (χ1) is 15.3. The van der Waals surface area contributed by atoms with Gasteiger partial charge in [0.25, 0.3) is 0 Å². The molecule has 1 amide bonds. The van der Waals surface area contributed by atoms with Crippen LogP contribution in [0.5, 0.6) is 5.88 Å². The maximum atomic E-state index is 12.5. The minimum Gasteiger partial charge on any atom is -0.468 e. The third kappa shape index (κ3) is 5.52. The van der Waals surface area contributed by atoms with Crippen LogP contribution < -0.4 is 10.1 Å². The summed E-state index contributed by atoms with van der Waals surface area (Å²) in [6.45, 7) is -0.979. The molecule has 1 fully saturated rings. The molecule has 3 aromatic heterocycles. The topological polar surface area (TPSA) is 102 Å². The standard InChI is InChI=1S/C21H22F3N5O3/c22-21(23,24)12-32-20-15(14-1-2-14)7-13(9-27-20)10-29-11-16-17(28-29)3-4-25-18(16)8-19(31)26-5-6-30/h3-4,7,9,11,14,30H,1-2,5-6,8,10,12H2,(H,26,31). The van der Waals surface area contributed by atoms with Crippen LogP contribution in [0.3, 0.4) is 0 Å². The third-order valence-electron chi connectivity index (χ3n) is 5.00. The SMILES string of the molecule is O=C(Cc1nccc2nn(Cc3cnc(OCC(F)(F)F)c(C4CC4)c3)cc12)NCCO. The van der Waals surface area contributed by atoms with Crippen molar-refractivity contribution in [3.05, 3.63) is 47.5 Å². The Bertz CT molecular complexity index is 1110. The van der Waals surface area contributed by atoms with Crippen LogP contribution in [0.15, 0.2) is 30.7 Å². The molecule has 32 heavy (non-hydrogen) atoms. The van der Waals surface area contributed by atoms with Crippen LogP contribution in [0, 0.1) is 0 Å². The molecule has 0 bridgehead atoms. The zero-order chi connectivity index (χ0) is 22.7. The van der Waals surface area contributed by atoms with Crippen LogP contribution in [0.4, 0.5) is 13.2 Å². The molecule has 11 heteroatoms. The Balaban J connectivity index is 1.52. The monoisotopic (exact) mass is 449 g/mol. The number of hydrogen-bond donors (Lipinski definition) is 2. The highest BCUT2D eigenvalue weighted by Crippen LogP contribution is 2.44.